The van der Waals surface area contributed by atoms with Crippen molar-refractivity contribution in [2.45, 2.75) is 142 Å². The van der Waals surface area contributed by atoms with Crippen molar-refractivity contribution in [3.05, 3.63) is 0 Å². The zero-order valence-corrected chi connectivity index (χ0v) is 20.5. The lowest BCUT2D eigenvalue weighted by Gasteiger charge is -2.43. The molecular formula is C29H51N. The summed E-state index contributed by atoms with van der Waals surface area (Å²) in [5.41, 5.74) is 0.0403. The molecule has 30 heavy (non-hydrogen) atoms. The Morgan fingerprint density at radius 3 is 1.60 bits per heavy atom. The molecular weight excluding hydrogens is 362 g/mol. The van der Waals surface area contributed by atoms with E-state index in [0.717, 1.165) is 36.0 Å². The Labute approximate surface area is 188 Å². The fourth-order valence-corrected chi connectivity index (χ4v) is 7.51. The second-order valence-electron chi connectivity index (χ2n) is 11.6. The van der Waals surface area contributed by atoms with E-state index in [-0.39, 0.29) is 5.41 Å². The Kier molecular flexibility index (Phi) is 10.1. The molecule has 0 heterocycles. The van der Waals surface area contributed by atoms with E-state index in [1.165, 1.54) is 122 Å². The van der Waals surface area contributed by atoms with E-state index in [4.69, 9.17) is 0 Å². The number of unbranched alkanes of at least 4 members (excludes halogenated alkanes) is 4. The number of hydrogen-bond donors (Lipinski definition) is 0. The van der Waals surface area contributed by atoms with Gasteiger partial charge in [-0.25, -0.2) is 0 Å². The van der Waals surface area contributed by atoms with Crippen LogP contribution in [-0.2, 0) is 0 Å². The molecule has 0 radical (unpaired) electrons. The van der Waals surface area contributed by atoms with Crippen molar-refractivity contribution in [2.24, 2.45) is 35.0 Å². The minimum absolute atomic E-state index is 0.0403. The Bertz CT molecular complexity index is 493. The zero-order chi connectivity index (χ0) is 21.2. The van der Waals surface area contributed by atoms with Crippen molar-refractivity contribution in [3.8, 4) is 6.07 Å². The maximum absolute atomic E-state index is 9.85. The van der Waals surface area contributed by atoms with E-state index >= 15 is 0 Å². The van der Waals surface area contributed by atoms with Gasteiger partial charge >= 0.3 is 0 Å². The molecule has 0 aromatic rings. The summed E-state index contributed by atoms with van der Waals surface area (Å²) in [7, 11) is 0. The van der Waals surface area contributed by atoms with Crippen molar-refractivity contribution >= 4 is 0 Å². The molecule has 0 atom stereocenters. The summed E-state index contributed by atoms with van der Waals surface area (Å²) in [5.74, 6) is 5.09. The molecule has 3 saturated carbocycles. The second kappa shape index (κ2) is 12.5. The van der Waals surface area contributed by atoms with Crippen LogP contribution in [-0.4, -0.2) is 0 Å². The topological polar surface area (TPSA) is 23.8 Å². The van der Waals surface area contributed by atoms with Gasteiger partial charge in [0.15, 0.2) is 0 Å². The van der Waals surface area contributed by atoms with Crippen LogP contribution in [0.5, 0.6) is 0 Å². The summed E-state index contributed by atoms with van der Waals surface area (Å²) in [5, 5.41) is 9.85. The molecule has 3 aliphatic rings. The number of nitriles is 1. The molecule has 1 nitrogen and oxygen atoms in total. The fourth-order valence-electron chi connectivity index (χ4n) is 7.51. The first kappa shape index (κ1) is 24.1. The molecule has 1 heteroatoms. The van der Waals surface area contributed by atoms with E-state index < -0.39 is 0 Å². The summed E-state index contributed by atoms with van der Waals surface area (Å²) in [4.78, 5) is 0. The highest BCUT2D eigenvalue weighted by molar-refractivity contribution is 5.02. The molecule has 0 aromatic carbocycles. The van der Waals surface area contributed by atoms with Gasteiger partial charge in [0.05, 0.1) is 11.5 Å². The third kappa shape index (κ3) is 6.74. The lowest BCUT2D eigenvalue weighted by Crippen LogP contribution is -2.32. The van der Waals surface area contributed by atoms with Gasteiger partial charge in [0.1, 0.15) is 0 Å². The van der Waals surface area contributed by atoms with Gasteiger partial charge < -0.3 is 0 Å². The van der Waals surface area contributed by atoms with Crippen LogP contribution in [0.4, 0.5) is 0 Å². The van der Waals surface area contributed by atoms with E-state index in [1.807, 2.05) is 0 Å². The average Bonchev–Trinajstić information content (AvgIpc) is 2.80. The maximum atomic E-state index is 9.85. The summed E-state index contributed by atoms with van der Waals surface area (Å²) in [6, 6.07) is 2.77. The van der Waals surface area contributed by atoms with Crippen molar-refractivity contribution in [1.82, 2.24) is 0 Å². The standard InChI is InChI=1S/C29H51N/c1-3-5-7-9-24-10-12-25(13-11-24)26-14-16-27(17-15-26)28-18-21-29(23-30,22-19-28)20-8-6-4-2/h24-28H,3-22H2,1-2H3/t24-,25-,26?,27?,28-,29-. The molecule has 0 bridgehead atoms. The minimum Gasteiger partial charge on any atom is -0.198 e. The van der Waals surface area contributed by atoms with Crippen LogP contribution < -0.4 is 0 Å². The predicted octanol–water partition coefficient (Wildman–Crippen LogP) is 9.46. The molecule has 0 N–H and O–H groups in total. The van der Waals surface area contributed by atoms with Crippen molar-refractivity contribution in [3.63, 3.8) is 0 Å². The molecule has 172 valence electrons. The molecule has 0 saturated heterocycles. The van der Waals surface area contributed by atoms with Gasteiger partial charge in [0.2, 0.25) is 0 Å². The molecule has 0 unspecified atom stereocenters. The van der Waals surface area contributed by atoms with Gasteiger partial charge in [-0.1, -0.05) is 71.6 Å². The van der Waals surface area contributed by atoms with E-state index in [1.54, 1.807) is 0 Å². The number of rotatable bonds is 10. The quantitative estimate of drug-likeness (QED) is 0.327. The highest BCUT2D eigenvalue weighted by atomic mass is 14.5. The second-order valence-corrected chi connectivity index (χ2v) is 11.6. The number of nitrogens with zero attached hydrogens (tertiary/aromatic N) is 1. The van der Waals surface area contributed by atoms with Crippen LogP contribution in [0.2, 0.25) is 0 Å². The van der Waals surface area contributed by atoms with Gasteiger partial charge in [0, 0.05) is 0 Å². The minimum atomic E-state index is 0.0403. The summed E-state index contributed by atoms with van der Waals surface area (Å²) in [6.45, 7) is 4.60. The van der Waals surface area contributed by atoms with Crippen LogP contribution in [0.25, 0.3) is 0 Å². The molecule has 0 aliphatic heterocycles. The molecule has 3 rings (SSSR count). The molecule has 3 fully saturated rings. The Balaban J connectivity index is 1.35. The fraction of sp³-hybridized carbons (Fsp3) is 0.966. The Morgan fingerprint density at radius 2 is 1.10 bits per heavy atom. The SMILES string of the molecule is CCCCC[C@H]1CC[C@H](C2CCC([C@H]3CC[C@@](C#N)(CCCCC)CC3)CC2)CC1. The van der Waals surface area contributed by atoms with Gasteiger partial charge in [0.25, 0.3) is 0 Å². The first-order valence-electron chi connectivity index (χ1n) is 14.1. The van der Waals surface area contributed by atoms with Crippen LogP contribution in [0, 0.1) is 46.3 Å². The van der Waals surface area contributed by atoms with E-state index in [9.17, 15) is 5.26 Å². The monoisotopic (exact) mass is 413 g/mol. The van der Waals surface area contributed by atoms with Crippen molar-refractivity contribution in [1.29, 1.82) is 5.26 Å². The molecule has 3 aliphatic carbocycles. The smallest absolute Gasteiger partial charge is 0.0689 e. The molecule has 0 aromatic heterocycles. The van der Waals surface area contributed by atoms with Crippen LogP contribution in [0.1, 0.15) is 142 Å². The first-order chi connectivity index (χ1) is 14.7. The predicted molar refractivity (Wildman–Crippen MR) is 129 cm³/mol. The van der Waals surface area contributed by atoms with Crippen molar-refractivity contribution in [2.75, 3.05) is 0 Å². The van der Waals surface area contributed by atoms with Gasteiger partial charge in [-0.05, 0) is 100 Å². The zero-order valence-electron chi connectivity index (χ0n) is 20.5. The first-order valence-corrected chi connectivity index (χ1v) is 14.1. The summed E-state index contributed by atoms with van der Waals surface area (Å²) in [6.07, 6.45) is 28.1. The lowest BCUT2D eigenvalue weighted by atomic mass is 9.62. The maximum Gasteiger partial charge on any atom is 0.0689 e. The van der Waals surface area contributed by atoms with Gasteiger partial charge in [-0.15, -0.1) is 0 Å². The summed E-state index contributed by atoms with van der Waals surface area (Å²) < 4.78 is 0. The molecule has 0 spiro atoms. The largest absolute Gasteiger partial charge is 0.198 e. The highest BCUT2D eigenvalue weighted by Crippen LogP contribution is 2.49. The van der Waals surface area contributed by atoms with Crippen LogP contribution >= 0.6 is 0 Å². The average molecular weight is 414 g/mol. The van der Waals surface area contributed by atoms with Crippen LogP contribution in [0.15, 0.2) is 0 Å². The Hall–Kier alpha value is -0.510. The van der Waals surface area contributed by atoms with Gasteiger partial charge in [-0.2, -0.15) is 5.26 Å². The highest BCUT2D eigenvalue weighted by Gasteiger charge is 2.39. The molecule has 0 amide bonds. The lowest BCUT2D eigenvalue weighted by molar-refractivity contribution is 0.0897. The van der Waals surface area contributed by atoms with E-state index in [2.05, 4.69) is 19.9 Å². The van der Waals surface area contributed by atoms with E-state index in [0.29, 0.717) is 0 Å². The number of hydrogen-bond acceptors (Lipinski definition) is 1. The van der Waals surface area contributed by atoms with Gasteiger partial charge in [-0.3, -0.25) is 0 Å². The summed E-state index contributed by atoms with van der Waals surface area (Å²) >= 11 is 0. The van der Waals surface area contributed by atoms with Crippen LogP contribution in [0.3, 0.4) is 0 Å². The van der Waals surface area contributed by atoms with Crippen molar-refractivity contribution < 1.29 is 0 Å². The third-order valence-corrected chi connectivity index (χ3v) is 9.74. The normalized spacial score (nSPS) is 37.6. The third-order valence-electron chi connectivity index (χ3n) is 9.74. The Morgan fingerprint density at radius 1 is 0.633 bits per heavy atom.